The van der Waals surface area contributed by atoms with Crippen LogP contribution in [0, 0.1) is 0 Å². The minimum absolute atomic E-state index is 0.0489. The number of ether oxygens (including phenoxy) is 1. The molecule has 5 N–H and O–H groups in total. The van der Waals surface area contributed by atoms with Gasteiger partial charge in [0.1, 0.15) is 6.04 Å². The quantitative estimate of drug-likeness (QED) is 0.0859. The smallest absolute Gasteiger partial charge is 0.386 e. The number of fused-ring (bicyclic) bond motifs is 1. The van der Waals surface area contributed by atoms with Gasteiger partial charge in [0, 0.05) is 19.0 Å². The Morgan fingerprint density at radius 1 is 0.959 bits per heavy atom. The molecule has 2 unspecified atom stereocenters. The number of nitrogens with zero attached hydrogens (tertiary/aromatic N) is 3. The number of benzene rings is 3. The third-order valence-electron chi connectivity index (χ3n) is 7.64. The number of hydrogen-bond acceptors (Lipinski definition) is 7. The number of nitrogens with one attached hydrogen (secondary N) is 1. The SMILES string of the molecule is CC(CC(=O)OC(=O)C(F)(F)F)N1C(=O)c2cc(CCC(=O)NCCN=C(N)N)ccc2N(Cc2ccccc2)C(=O)C1c1ccccc1. The Balaban J connectivity index is 1.73. The lowest BCUT2D eigenvalue weighted by molar-refractivity contribution is -0.202. The molecule has 258 valence electrons. The molecule has 0 saturated heterocycles. The van der Waals surface area contributed by atoms with E-state index in [1.54, 1.807) is 60.7 Å². The maximum Gasteiger partial charge on any atom is 0.491 e. The predicted octanol–water partition coefficient (Wildman–Crippen LogP) is 3.15. The number of rotatable bonds is 12. The zero-order valence-corrected chi connectivity index (χ0v) is 26.5. The molecule has 0 aliphatic carbocycles. The van der Waals surface area contributed by atoms with Crippen LogP contribution in [0.3, 0.4) is 0 Å². The zero-order chi connectivity index (χ0) is 35.7. The van der Waals surface area contributed by atoms with Crippen molar-refractivity contribution in [2.75, 3.05) is 18.0 Å². The number of aryl methyl sites for hydroxylation is 1. The summed E-state index contributed by atoms with van der Waals surface area (Å²) < 4.78 is 42.5. The van der Waals surface area contributed by atoms with Crippen LogP contribution in [0.25, 0.3) is 0 Å². The molecule has 0 spiro atoms. The minimum atomic E-state index is -5.41. The minimum Gasteiger partial charge on any atom is -0.386 e. The third kappa shape index (κ3) is 9.43. The van der Waals surface area contributed by atoms with Gasteiger partial charge in [0.2, 0.25) is 5.91 Å². The van der Waals surface area contributed by atoms with Gasteiger partial charge in [-0.05, 0) is 42.2 Å². The Morgan fingerprint density at radius 3 is 2.24 bits per heavy atom. The highest BCUT2D eigenvalue weighted by Crippen LogP contribution is 2.38. The second-order valence-electron chi connectivity index (χ2n) is 11.3. The lowest BCUT2D eigenvalue weighted by atomic mass is 10.00. The highest BCUT2D eigenvalue weighted by atomic mass is 19.4. The summed E-state index contributed by atoms with van der Waals surface area (Å²) in [5.74, 6) is -5.84. The summed E-state index contributed by atoms with van der Waals surface area (Å²) in [7, 11) is 0. The van der Waals surface area contributed by atoms with Crippen molar-refractivity contribution in [1.29, 1.82) is 0 Å². The topological polar surface area (TPSA) is 177 Å². The summed E-state index contributed by atoms with van der Waals surface area (Å²) in [6.07, 6.45) is -5.97. The highest BCUT2D eigenvalue weighted by molar-refractivity contribution is 6.11. The summed E-state index contributed by atoms with van der Waals surface area (Å²) >= 11 is 0. The summed E-state index contributed by atoms with van der Waals surface area (Å²) in [5.41, 5.74) is 12.6. The number of esters is 2. The summed E-state index contributed by atoms with van der Waals surface area (Å²) in [4.78, 5) is 71.8. The summed E-state index contributed by atoms with van der Waals surface area (Å²) in [5, 5.41) is 2.69. The van der Waals surface area contributed by atoms with Crippen molar-refractivity contribution < 1.29 is 41.9 Å². The van der Waals surface area contributed by atoms with E-state index in [1.807, 2.05) is 18.2 Å². The van der Waals surface area contributed by atoms with Crippen molar-refractivity contribution in [2.24, 2.45) is 16.5 Å². The predicted molar refractivity (Wildman–Crippen MR) is 173 cm³/mol. The van der Waals surface area contributed by atoms with Gasteiger partial charge in [0.25, 0.3) is 11.8 Å². The molecule has 3 aromatic carbocycles. The Labute approximate surface area is 279 Å². The van der Waals surface area contributed by atoms with E-state index in [1.165, 1.54) is 11.8 Å². The van der Waals surface area contributed by atoms with Gasteiger partial charge in [-0.1, -0.05) is 66.7 Å². The Morgan fingerprint density at radius 2 is 1.61 bits per heavy atom. The Kier molecular flexibility index (Phi) is 11.7. The Bertz CT molecular complexity index is 1710. The molecule has 15 heteroatoms. The van der Waals surface area contributed by atoms with Crippen molar-refractivity contribution >= 4 is 41.3 Å². The van der Waals surface area contributed by atoms with Crippen LogP contribution in [0.15, 0.2) is 83.9 Å². The molecule has 12 nitrogen and oxygen atoms in total. The maximum absolute atomic E-state index is 14.6. The van der Waals surface area contributed by atoms with Crippen LogP contribution in [0.2, 0.25) is 0 Å². The molecule has 0 aromatic heterocycles. The van der Waals surface area contributed by atoms with Crippen LogP contribution >= 0.6 is 0 Å². The fraction of sp³-hybridized carbons (Fsp3) is 0.294. The van der Waals surface area contributed by atoms with Gasteiger partial charge >= 0.3 is 18.1 Å². The van der Waals surface area contributed by atoms with Gasteiger partial charge < -0.3 is 31.3 Å². The molecule has 0 radical (unpaired) electrons. The van der Waals surface area contributed by atoms with Gasteiger partial charge in [0.15, 0.2) is 5.96 Å². The Hall–Kier alpha value is -5.73. The van der Waals surface area contributed by atoms with E-state index >= 15 is 0 Å². The van der Waals surface area contributed by atoms with E-state index in [9.17, 15) is 37.1 Å². The number of carbonyl (C=O) groups excluding carboxylic acids is 5. The van der Waals surface area contributed by atoms with Gasteiger partial charge in [0.05, 0.1) is 30.8 Å². The van der Waals surface area contributed by atoms with E-state index in [0.29, 0.717) is 11.1 Å². The summed E-state index contributed by atoms with van der Waals surface area (Å²) in [6.45, 7) is 1.84. The van der Waals surface area contributed by atoms with Crippen molar-refractivity contribution in [2.45, 2.75) is 51.0 Å². The van der Waals surface area contributed by atoms with E-state index < -0.39 is 48.4 Å². The molecule has 0 fully saturated rings. The molecule has 3 amide bonds. The largest absolute Gasteiger partial charge is 0.491 e. The molecule has 2 atom stereocenters. The van der Waals surface area contributed by atoms with Crippen LogP contribution in [0.4, 0.5) is 18.9 Å². The second kappa shape index (κ2) is 15.9. The molecule has 1 aliphatic rings. The normalized spacial score (nSPS) is 15.1. The van der Waals surface area contributed by atoms with Crippen LogP contribution in [0.1, 0.15) is 52.9 Å². The van der Waals surface area contributed by atoms with Crippen molar-refractivity contribution in [3.8, 4) is 0 Å². The highest BCUT2D eigenvalue weighted by Gasteiger charge is 2.45. The molecule has 1 aliphatic heterocycles. The van der Waals surface area contributed by atoms with Crippen LogP contribution in [0.5, 0.6) is 0 Å². The molecule has 49 heavy (non-hydrogen) atoms. The van der Waals surface area contributed by atoms with Gasteiger partial charge in [-0.15, -0.1) is 0 Å². The fourth-order valence-electron chi connectivity index (χ4n) is 5.38. The number of hydrogen-bond donors (Lipinski definition) is 3. The molecule has 3 aromatic rings. The molecule has 1 heterocycles. The molecule has 4 rings (SSSR count). The van der Waals surface area contributed by atoms with Gasteiger partial charge in [-0.2, -0.15) is 13.2 Å². The average molecular weight is 681 g/mol. The number of anilines is 1. The maximum atomic E-state index is 14.6. The van der Waals surface area contributed by atoms with Crippen LogP contribution in [-0.4, -0.2) is 65.8 Å². The van der Waals surface area contributed by atoms with Crippen LogP contribution in [-0.2, 0) is 36.9 Å². The summed E-state index contributed by atoms with van der Waals surface area (Å²) in [6, 6.07) is 19.6. The van der Waals surface area contributed by atoms with E-state index in [-0.39, 0.29) is 55.6 Å². The molecular formula is C34H35F3N6O6. The van der Waals surface area contributed by atoms with Crippen molar-refractivity contribution in [1.82, 2.24) is 10.2 Å². The first-order valence-corrected chi connectivity index (χ1v) is 15.3. The number of alkyl halides is 3. The van der Waals surface area contributed by atoms with E-state index in [4.69, 9.17) is 11.5 Å². The number of amides is 3. The first kappa shape index (κ1) is 36.1. The van der Waals surface area contributed by atoms with E-state index in [2.05, 4.69) is 15.0 Å². The zero-order valence-electron chi connectivity index (χ0n) is 26.5. The van der Waals surface area contributed by atoms with Crippen molar-refractivity contribution in [3.05, 3.63) is 101 Å². The van der Waals surface area contributed by atoms with E-state index in [0.717, 1.165) is 10.5 Å². The fourth-order valence-corrected chi connectivity index (χ4v) is 5.38. The van der Waals surface area contributed by atoms with Gasteiger partial charge in [-0.3, -0.25) is 24.2 Å². The average Bonchev–Trinajstić information content (AvgIpc) is 3.14. The number of nitrogens with two attached hydrogens (primary N) is 2. The monoisotopic (exact) mass is 680 g/mol. The van der Waals surface area contributed by atoms with Crippen LogP contribution < -0.4 is 21.7 Å². The number of aliphatic imine (C=N–C) groups is 1. The lowest BCUT2D eigenvalue weighted by Gasteiger charge is -2.35. The first-order valence-electron chi connectivity index (χ1n) is 15.3. The number of carbonyl (C=O) groups is 5. The molecular weight excluding hydrogens is 645 g/mol. The molecule has 0 bridgehead atoms. The second-order valence-corrected chi connectivity index (χ2v) is 11.3. The molecule has 0 saturated carbocycles. The van der Waals surface area contributed by atoms with Crippen molar-refractivity contribution in [3.63, 3.8) is 0 Å². The number of halogens is 3. The third-order valence-corrected chi connectivity index (χ3v) is 7.64. The number of guanidine groups is 1. The van der Waals surface area contributed by atoms with Gasteiger partial charge in [-0.25, -0.2) is 4.79 Å². The first-order chi connectivity index (χ1) is 23.3. The lowest BCUT2D eigenvalue weighted by Crippen LogP contribution is -2.47. The standard InChI is InChI=1S/C34H35F3N6O6/c1-21(18-28(45)49-32(48)34(35,36)37)43-29(24-10-6-3-7-11-24)31(47)42(20-23-8-4-2-5-9-23)26-14-12-22(19-25(26)30(43)46)13-15-27(44)40-16-17-41-33(38)39/h2-12,14,19,21,29H,13,15-18,20H2,1H3,(H,40,44)(H4,38,39,41).